The van der Waals surface area contributed by atoms with E-state index in [1.807, 2.05) is 0 Å². The van der Waals surface area contributed by atoms with Crippen molar-refractivity contribution in [3.63, 3.8) is 0 Å². The summed E-state index contributed by atoms with van der Waals surface area (Å²) in [6.07, 6.45) is 0.531. The molecule has 1 aliphatic heterocycles. The molecule has 1 saturated heterocycles. The van der Waals surface area contributed by atoms with E-state index in [2.05, 4.69) is 12.2 Å². The van der Waals surface area contributed by atoms with Gasteiger partial charge in [-0.15, -0.1) is 0 Å². The zero-order valence-electron chi connectivity index (χ0n) is 10.5. The van der Waals surface area contributed by atoms with E-state index < -0.39 is 12.7 Å². The summed E-state index contributed by atoms with van der Waals surface area (Å²) in [5.74, 6) is 0. The molecule has 0 aromatic heterocycles. The van der Waals surface area contributed by atoms with Gasteiger partial charge < -0.3 is 5.32 Å². The summed E-state index contributed by atoms with van der Waals surface area (Å²) in [4.78, 5) is 1.64. The van der Waals surface area contributed by atoms with Crippen molar-refractivity contribution in [1.82, 2.24) is 10.2 Å². The fourth-order valence-electron chi connectivity index (χ4n) is 2.36. The first kappa shape index (κ1) is 14.8. The monoisotopic (exact) mass is 252 g/mol. The summed E-state index contributed by atoms with van der Waals surface area (Å²) in [6.45, 7) is 3.58. The lowest BCUT2D eigenvalue weighted by atomic mass is 10.0. The lowest BCUT2D eigenvalue weighted by molar-refractivity contribution is -0.152. The molecule has 2 nitrogen and oxygen atoms in total. The molecule has 0 radical (unpaired) electrons. The van der Waals surface area contributed by atoms with Crippen molar-refractivity contribution >= 4 is 0 Å². The SMILES string of the molecule is CCCCCN(CC(F)(F)F)C1CCNCC1. The van der Waals surface area contributed by atoms with Crippen molar-refractivity contribution in [3.05, 3.63) is 0 Å². The number of nitrogens with zero attached hydrogens (tertiary/aromatic N) is 1. The summed E-state index contributed by atoms with van der Waals surface area (Å²) < 4.78 is 37.5. The molecule has 17 heavy (non-hydrogen) atoms. The molecule has 0 amide bonds. The van der Waals surface area contributed by atoms with Gasteiger partial charge in [0.05, 0.1) is 6.54 Å². The van der Waals surface area contributed by atoms with E-state index in [1.54, 1.807) is 4.90 Å². The van der Waals surface area contributed by atoms with E-state index in [0.29, 0.717) is 6.54 Å². The second-order valence-electron chi connectivity index (χ2n) is 4.77. The molecule has 102 valence electrons. The Morgan fingerprint density at radius 1 is 1.18 bits per heavy atom. The highest BCUT2D eigenvalue weighted by Crippen LogP contribution is 2.21. The molecule has 1 aliphatic rings. The molecule has 1 rings (SSSR count). The number of hydrogen-bond donors (Lipinski definition) is 1. The largest absolute Gasteiger partial charge is 0.401 e. The summed E-state index contributed by atoms with van der Waals surface area (Å²) in [7, 11) is 0. The van der Waals surface area contributed by atoms with E-state index in [-0.39, 0.29) is 6.04 Å². The van der Waals surface area contributed by atoms with Gasteiger partial charge in [-0.3, -0.25) is 4.90 Å². The standard InChI is InChI=1S/C12H23F3N2/c1-2-3-4-9-17(10-12(13,14)15)11-5-7-16-8-6-11/h11,16H,2-10H2,1H3. The van der Waals surface area contributed by atoms with Crippen LogP contribution in [0.25, 0.3) is 0 Å². The average Bonchev–Trinajstić information content (AvgIpc) is 2.28. The maximum atomic E-state index is 12.5. The predicted octanol–water partition coefficient (Wildman–Crippen LogP) is 2.79. The fraction of sp³-hybridized carbons (Fsp3) is 1.00. The molecule has 0 saturated carbocycles. The first-order valence-electron chi connectivity index (χ1n) is 6.54. The average molecular weight is 252 g/mol. The predicted molar refractivity (Wildman–Crippen MR) is 63.0 cm³/mol. The number of piperidine rings is 1. The highest BCUT2D eigenvalue weighted by Gasteiger charge is 2.33. The highest BCUT2D eigenvalue weighted by atomic mass is 19.4. The third-order valence-electron chi connectivity index (χ3n) is 3.26. The third kappa shape index (κ3) is 6.27. The van der Waals surface area contributed by atoms with Crippen molar-refractivity contribution in [1.29, 1.82) is 0 Å². The lowest BCUT2D eigenvalue weighted by Gasteiger charge is -2.35. The van der Waals surface area contributed by atoms with Gasteiger partial charge in [-0.25, -0.2) is 0 Å². The number of halogens is 3. The molecule has 5 heteroatoms. The molecule has 0 spiro atoms. The van der Waals surface area contributed by atoms with Gasteiger partial charge in [0.25, 0.3) is 0 Å². The normalized spacial score (nSPS) is 18.9. The van der Waals surface area contributed by atoms with Crippen LogP contribution in [0.5, 0.6) is 0 Å². The fourth-order valence-corrected chi connectivity index (χ4v) is 2.36. The van der Waals surface area contributed by atoms with Crippen LogP contribution in [0.1, 0.15) is 39.0 Å². The minimum atomic E-state index is -4.07. The van der Waals surface area contributed by atoms with Crippen molar-refractivity contribution in [3.8, 4) is 0 Å². The van der Waals surface area contributed by atoms with Crippen LogP contribution in [0.3, 0.4) is 0 Å². The molecular formula is C12H23F3N2. The van der Waals surface area contributed by atoms with Crippen LogP contribution in [-0.4, -0.2) is 43.3 Å². The molecule has 0 aromatic rings. The number of nitrogens with one attached hydrogen (secondary N) is 1. The molecule has 1 heterocycles. The van der Waals surface area contributed by atoms with E-state index in [4.69, 9.17) is 0 Å². The molecule has 1 fully saturated rings. The topological polar surface area (TPSA) is 15.3 Å². The van der Waals surface area contributed by atoms with Gasteiger partial charge in [0.15, 0.2) is 0 Å². The van der Waals surface area contributed by atoms with Crippen molar-refractivity contribution in [2.24, 2.45) is 0 Å². The van der Waals surface area contributed by atoms with Gasteiger partial charge in [-0.2, -0.15) is 13.2 Å². The first-order chi connectivity index (χ1) is 8.03. The smallest absolute Gasteiger partial charge is 0.317 e. The Bertz CT molecular complexity index is 200. The minimum absolute atomic E-state index is 0.106. The number of unbranched alkanes of at least 4 members (excludes halogenated alkanes) is 2. The second kappa shape index (κ2) is 7.21. The van der Waals surface area contributed by atoms with E-state index in [1.165, 1.54) is 0 Å². The molecule has 1 N–H and O–H groups in total. The van der Waals surface area contributed by atoms with Crippen LogP contribution >= 0.6 is 0 Å². The van der Waals surface area contributed by atoms with Crippen molar-refractivity contribution in [2.45, 2.75) is 51.2 Å². The van der Waals surface area contributed by atoms with Crippen LogP contribution in [0.15, 0.2) is 0 Å². The Hall–Kier alpha value is -0.290. The maximum Gasteiger partial charge on any atom is 0.401 e. The third-order valence-corrected chi connectivity index (χ3v) is 3.26. The zero-order valence-corrected chi connectivity index (χ0v) is 10.5. The maximum absolute atomic E-state index is 12.5. The summed E-state index contributed by atoms with van der Waals surface area (Å²) in [5, 5.41) is 3.19. The van der Waals surface area contributed by atoms with Gasteiger partial charge >= 0.3 is 6.18 Å². The van der Waals surface area contributed by atoms with Crippen molar-refractivity contribution < 1.29 is 13.2 Å². The second-order valence-corrected chi connectivity index (χ2v) is 4.77. The van der Waals surface area contributed by atoms with Crippen LogP contribution in [0.4, 0.5) is 13.2 Å². The van der Waals surface area contributed by atoms with Gasteiger partial charge in [-0.05, 0) is 38.9 Å². The Balaban J connectivity index is 2.44. The van der Waals surface area contributed by atoms with E-state index in [9.17, 15) is 13.2 Å². The highest BCUT2D eigenvalue weighted by molar-refractivity contribution is 4.79. The lowest BCUT2D eigenvalue weighted by Crippen LogP contribution is -2.47. The Labute approximate surface area is 102 Å². The van der Waals surface area contributed by atoms with Crippen LogP contribution < -0.4 is 5.32 Å². The number of hydrogen-bond acceptors (Lipinski definition) is 2. The van der Waals surface area contributed by atoms with Crippen LogP contribution in [-0.2, 0) is 0 Å². The number of alkyl halides is 3. The van der Waals surface area contributed by atoms with Gasteiger partial charge in [0.1, 0.15) is 0 Å². The molecule has 0 aromatic carbocycles. The first-order valence-corrected chi connectivity index (χ1v) is 6.54. The summed E-state index contributed by atoms with van der Waals surface area (Å²) >= 11 is 0. The Morgan fingerprint density at radius 3 is 2.35 bits per heavy atom. The molecule has 0 bridgehead atoms. The Morgan fingerprint density at radius 2 is 1.82 bits per heavy atom. The quantitative estimate of drug-likeness (QED) is 0.731. The molecule has 0 aliphatic carbocycles. The van der Waals surface area contributed by atoms with Crippen molar-refractivity contribution in [2.75, 3.05) is 26.2 Å². The summed E-state index contributed by atoms with van der Waals surface area (Å²) in [6, 6.07) is 0.106. The number of rotatable bonds is 6. The molecular weight excluding hydrogens is 229 g/mol. The zero-order chi connectivity index (χ0) is 12.7. The Kier molecular flexibility index (Phi) is 6.27. The summed E-state index contributed by atoms with van der Waals surface area (Å²) in [5.41, 5.74) is 0. The van der Waals surface area contributed by atoms with Gasteiger partial charge in [0, 0.05) is 6.04 Å². The van der Waals surface area contributed by atoms with Crippen LogP contribution in [0, 0.1) is 0 Å². The minimum Gasteiger partial charge on any atom is -0.317 e. The molecule has 0 atom stereocenters. The van der Waals surface area contributed by atoms with Gasteiger partial charge in [0.2, 0.25) is 0 Å². The van der Waals surface area contributed by atoms with E-state index in [0.717, 1.165) is 45.2 Å². The molecule has 0 unspecified atom stereocenters. The van der Waals surface area contributed by atoms with E-state index >= 15 is 0 Å². The van der Waals surface area contributed by atoms with Crippen LogP contribution in [0.2, 0.25) is 0 Å². The van der Waals surface area contributed by atoms with Gasteiger partial charge in [-0.1, -0.05) is 19.8 Å².